The first kappa shape index (κ1) is 22.2. The van der Waals surface area contributed by atoms with Crippen molar-refractivity contribution >= 4 is 44.8 Å². The lowest BCUT2D eigenvalue weighted by molar-refractivity contribution is 0.0733. The number of aromatic hydroxyl groups is 1. The van der Waals surface area contributed by atoms with Crippen LogP contribution in [0.5, 0.6) is 11.5 Å². The summed E-state index contributed by atoms with van der Waals surface area (Å²) in [5, 5.41) is 15.9. The van der Waals surface area contributed by atoms with Crippen LogP contribution >= 0.6 is 15.9 Å². The maximum atomic E-state index is 12.6. The van der Waals surface area contributed by atoms with Crippen LogP contribution in [0.15, 0.2) is 88.4 Å². The summed E-state index contributed by atoms with van der Waals surface area (Å²) < 4.78 is 6.32. The number of carbonyl (C=O) groups excluding carboxylic acids is 2. The minimum Gasteiger partial charge on any atom is -0.507 e. The molecule has 0 unspecified atom stereocenters. The van der Waals surface area contributed by atoms with Crippen molar-refractivity contribution in [3.05, 3.63) is 106 Å². The van der Waals surface area contributed by atoms with E-state index in [9.17, 15) is 14.7 Å². The number of fused-ring (bicyclic) bond motifs is 1. The number of carbonyl (C=O) groups is 2. The minimum atomic E-state index is -0.567. The van der Waals surface area contributed by atoms with Gasteiger partial charge in [-0.2, -0.15) is 5.10 Å². The topological polar surface area (TPSA) is 88.0 Å². The molecule has 0 bridgehead atoms. The lowest BCUT2D eigenvalue weighted by Gasteiger charge is -2.09. The minimum absolute atomic E-state index is 0.103. The van der Waals surface area contributed by atoms with Crippen molar-refractivity contribution < 1.29 is 19.4 Å². The Labute approximate surface area is 198 Å². The molecule has 0 spiro atoms. The molecule has 0 aliphatic heterocycles. The smallest absolute Gasteiger partial charge is 0.343 e. The van der Waals surface area contributed by atoms with Gasteiger partial charge in [-0.1, -0.05) is 58.4 Å². The van der Waals surface area contributed by atoms with Gasteiger partial charge in [0.15, 0.2) is 0 Å². The summed E-state index contributed by atoms with van der Waals surface area (Å²) in [4.78, 5) is 25.2. The zero-order valence-corrected chi connectivity index (χ0v) is 19.2. The van der Waals surface area contributed by atoms with Crippen LogP contribution in [0.1, 0.15) is 31.8 Å². The van der Waals surface area contributed by atoms with Crippen LogP contribution in [0.2, 0.25) is 0 Å². The number of nitrogens with one attached hydrogen (secondary N) is 1. The monoisotopic (exact) mass is 502 g/mol. The van der Waals surface area contributed by atoms with Crippen LogP contribution < -0.4 is 10.2 Å². The fourth-order valence-corrected chi connectivity index (χ4v) is 3.68. The molecule has 2 N–H and O–H groups in total. The number of amides is 1. The van der Waals surface area contributed by atoms with Gasteiger partial charge in [-0.15, -0.1) is 0 Å². The highest BCUT2D eigenvalue weighted by Crippen LogP contribution is 2.25. The summed E-state index contributed by atoms with van der Waals surface area (Å²) in [6.07, 6.45) is 1.38. The number of nitrogens with zero attached hydrogens (tertiary/aromatic N) is 1. The molecule has 164 valence electrons. The molecule has 0 aliphatic carbocycles. The molecule has 0 saturated carbocycles. The molecule has 0 heterocycles. The van der Waals surface area contributed by atoms with E-state index in [-0.39, 0.29) is 17.1 Å². The Morgan fingerprint density at radius 3 is 2.39 bits per heavy atom. The molecule has 0 aliphatic rings. The number of phenols is 1. The average Bonchev–Trinajstić information content (AvgIpc) is 2.80. The number of halogens is 1. The number of esters is 1. The van der Waals surface area contributed by atoms with E-state index in [0.29, 0.717) is 11.1 Å². The number of aryl methyl sites for hydroxylation is 1. The normalized spacial score (nSPS) is 11.0. The van der Waals surface area contributed by atoms with Gasteiger partial charge in [0.2, 0.25) is 0 Å². The fraction of sp³-hybridized carbons (Fsp3) is 0.0385. The molecule has 0 saturated heterocycles. The first-order valence-corrected chi connectivity index (χ1v) is 10.8. The highest BCUT2D eigenvalue weighted by Gasteiger charge is 2.14. The van der Waals surface area contributed by atoms with Gasteiger partial charge in [0.1, 0.15) is 11.5 Å². The second-order valence-corrected chi connectivity index (χ2v) is 8.22. The van der Waals surface area contributed by atoms with Gasteiger partial charge in [0, 0.05) is 10.0 Å². The molecule has 4 aromatic rings. The number of hydrazone groups is 1. The molecule has 0 fully saturated rings. The summed E-state index contributed by atoms with van der Waals surface area (Å²) >= 11 is 3.39. The van der Waals surface area contributed by atoms with E-state index in [1.165, 1.54) is 12.3 Å². The Morgan fingerprint density at radius 2 is 1.64 bits per heavy atom. The number of hydrogen-bond donors (Lipinski definition) is 2. The summed E-state index contributed by atoms with van der Waals surface area (Å²) in [5.74, 6) is -0.909. The fourth-order valence-electron chi connectivity index (χ4n) is 3.30. The molecule has 0 aromatic heterocycles. The van der Waals surface area contributed by atoms with E-state index < -0.39 is 11.9 Å². The summed E-state index contributed by atoms with van der Waals surface area (Å²) in [6, 6.07) is 22.8. The zero-order valence-electron chi connectivity index (χ0n) is 17.6. The second-order valence-electron chi connectivity index (χ2n) is 7.30. The molecule has 33 heavy (non-hydrogen) atoms. The highest BCUT2D eigenvalue weighted by molar-refractivity contribution is 9.10. The van der Waals surface area contributed by atoms with Crippen molar-refractivity contribution in [2.45, 2.75) is 6.92 Å². The Bertz CT molecular complexity index is 1400. The van der Waals surface area contributed by atoms with Gasteiger partial charge < -0.3 is 9.84 Å². The first-order valence-electron chi connectivity index (χ1n) is 10.0. The molecule has 0 radical (unpaired) electrons. The molecular weight excluding hydrogens is 484 g/mol. The molecule has 7 heteroatoms. The summed E-state index contributed by atoms with van der Waals surface area (Å²) in [6.45, 7) is 1.83. The van der Waals surface area contributed by atoms with Crippen molar-refractivity contribution in [1.29, 1.82) is 0 Å². The van der Waals surface area contributed by atoms with Gasteiger partial charge in [0.05, 0.1) is 17.3 Å². The lowest BCUT2D eigenvalue weighted by Crippen LogP contribution is -2.18. The molecule has 1 amide bonds. The molecule has 0 atom stereocenters. The van der Waals surface area contributed by atoms with Gasteiger partial charge in [-0.3, -0.25) is 4.79 Å². The van der Waals surface area contributed by atoms with Crippen LogP contribution in [0.25, 0.3) is 10.8 Å². The quantitative estimate of drug-likeness (QED) is 0.161. The third-order valence-electron chi connectivity index (χ3n) is 5.02. The van der Waals surface area contributed by atoms with Crippen LogP contribution in [0.3, 0.4) is 0 Å². The SMILES string of the molecule is Cc1ccccc1C(=O)Oc1ccc(Br)cc1C=NNC(=O)c1cc2ccccc2cc1O. The van der Waals surface area contributed by atoms with Crippen LogP contribution in [0, 0.1) is 6.92 Å². The number of hydrogen-bond acceptors (Lipinski definition) is 5. The molecule has 4 aromatic carbocycles. The lowest BCUT2D eigenvalue weighted by atomic mass is 10.1. The molecule has 4 rings (SSSR count). The summed E-state index contributed by atoms with van der Waals surface area (Å²) in [7, 11) is 0. The van der Waals surface area contributed by atoms with Crippen LogP contribution in [-0.2, 0) is 0 Å². The second kappa shape index (κ2) is 9.67. The Kier molecular flexibility index (Phi) is 6.51. The Hall–Kier alpha value is -3.97. The van der Waals surface area contributed by atoms with Crippen molar-refractivity contribution in [2.24, 2.45) is 5.10 Å². The third-order valence-corrected chi connectivity index (χ3v) is 5.51. The van der Waals surface area contributed by atoms with Crippen molar-refractivity contribution in [3.8, 4) is 11.5 Å². The van der Waals surface area contributed by atoms with E-state index >= 15 is 0 Å². The maximum absolute atomic E-state index is 12.6. The van der Waals surface area contributed by atoms with Gasteiger partial charge in [0.25, 0.3) is 5.91 Å². The predicted molar refractivity (Wildman–Crippen MR) is 131 cm³/mol. The zero-order chi connectivity index (χ0) is 23.4. The number of ether oxygens (including phenoxy) is 1. The molecule has 6 nitrogen and oxygen atoms in total. The van der Waals surface area contributed by atoms with E-state index in [1.54, 1.807) is 36.4 Å². The van der Waals surface area contributed by atoms with Crippen molar-refractivity contribution in [3.63, 3.8) is 0 Å². The van der Waals surface area contributed by atoms with E-state index in [2.05, 4.69) is 26.5 Å². The standard InChI is InChI=1S/C26H19BrN2O4/c1-16-6-2-5-9-21(16)26(32)33-24-11-10-20(27)12-19(24)15-28-29-25(31)22-13-17-7-3-4-8-18(17)14-23(22)30/h2-15,30H,1H3,(H,29,31). The molecular formula is C26H19BrN2O4. The highest BCUT2D eigenvalue weighted by atomic mass is 79.9. The van der Waals surface area contributed by atoms with Crippen molar-refractivity contribution in [1.82, 2.24) is 5.43 Å². The third kappa shape index (κ3) is 5.10. The van der Waals surface area contributed by atoms with Gasteiger partial charge >= 0.3 is 5.97 Å². The van der Waals surface area contributed by atoms with E-state index in [4.69, 9.17) is 4.74 Å². The number of benzene rings is 4. The van der Waals surface area contributed by atoms with Crippen molar-refractivity contribution in [2.75, 3.05) is 0 Å². The van der Waals surface area contributed by atoms with Crippen LogP contribution in [-0.4, -0.2) is 23.2 Å². The Morgan fingerprint density at radius 1 is 0.939 bits per heavy atom. The van der Waals surface area contributed by atoms with E-state index in [1.807, 2.05) is 43.3 Å². The first-order chi connectivity index (χ1) is 15.9. The largest absolute Gasteiger partial charge is 0.507 e. The predicted octanol–water partition coefficient (Wildman–Crippen LogP) is 5.60. The summed E-state index contributed by atoms with van der Waals surface area (Å²) in [5.41, 5.74) is 4.26. The van der Waals surface area contributed by atoms with Crippen LogP contribution in [0.4, 0.5) is 0 Å². The maximum Gasteiger partial charge on any atom is 0.343 e. The van der Waals surface area contributed by atoms with Gasteiger partial charge in [-0.05, 0) is 59.7 Å². The Balaban J connectivity index is 1.53. The number of phenolic OH excluding ortho intramolecular Hbond substituents is 1. The number of rotatable bonds is 5. The van der Waals surface area contributed by atoms with Gasteiger partial charge in [-0.25, -0.2) is 10.2 Å². The average molecular weight is 503 g/mol. The van der Waals surface area contributed by atoms with E-state index in [0.717, 1.165) is 20.8 Å².